The molecule has 0 saturated heterocycles. The van der Waals surface area contributed by atoms with Crippen LogP contribution in [0.1, 0.15) is 12.1 Å². The van der Waals surface area contributed by atoms with Gasteiger partial charge in [0.2, 0.25) is 5.91 Å². The first kappa shape index (κ1) is 14.3. The van der Waals surface area contributed by atoms with E-state index in [2.05, 4.69) is 15.3 Å². The fourth-order valence-corrected chi connectivity index (χ4v) is 2.98. The van der Waals surface area contributed by atoms with Gasteiger partial charge in [0, 0.05) is 29.7 Å². The number of nitrogens with zero attached hydrogens (tertiary/aromatic N) is 1. The van der Waals surface area contributed by atoms with Crippen LogP contribution in [0.15, 0.2) is 33.2 Å². The van der Waals surface area contributed by atoms with Gasteiger partial charge in [-0.1, -0.05) is 11.3 Å². The third kappa shape index (κ3) is 2.86. The first-order chi connectivity index (χ1) is 10.5. The number of rotatable bonds is 4. The normalized spacial score (nSPS) is 11.0. The number of aromatic nitrogens is 3. The van der Waals surface area contributed by atoms with Crippen LogP contribution in [0.25, 0.3) is 11.0 Å². The van der Waals surface area contributed by atoms with Crippen molar-refractivity contribution in [1.82, 2.24) is 14.5 Å². The molecule has 0 aliphatic carbocycles. The van der Waals surface area contributed by atoms with Crippen LogP contribution in [0.4, 0.5) is 5.69 Å². The van der Waals surface area contributed by atoms with Gasteiger partial charge < -0.3 is 19.9 Å². The Morgan fingerprint density at radius 1 is 1.27 bits per heavy atom. The van der Waals surface area contributed by atoms with Crippen LogP contribution in [0.3, 0.4) is 0 Å². The average molecular weight is 318 g/mol. The second-order valence-electron chi connectivity index (χ2n) is 4.93. The Labute approximate surface area is 128 Å². The van der Waals surface area contributed by atoms with E-state index in [4.69, 9.17) is 0 Å². The van der Waals surface area contributed by atoms with Crippen LogP contribution in [0.2, 0.25) is 0 Å². The van der Waals surface area contributed by atoms with Gasteiger partial charge in [-0.3, -0.25) is 9.59 Å². The molecule has 0 fully saturated rings. The van der Waals surface area contributed by atoms with Gasteiger partial charge in [0.1, 0.15) is 0 Å². The molecule has 0 aliphatic heterocycles. The Kier molecular flexibility index (Phi) is 3.68. The molecule has 0 unspecified atom stereocenters. The number of aromatic amines is 2. The summed E-state index contributed by atoms with van der Waals surface area (Å²) in [5, 5.41) is 4.53. The summed E-state index contributed by atoms with van der Waals surface area (Å²) in [6.07, 6.45) is 0.208. The first-order valence-corrected chi connectivity index (χ1v) is 7.58. The molecule has 0 aliphatic rings. The summed E-state index contributed by atoms with van der Waals surface area (Å²) in [6, 6.07) is 5.12. The number of hydrogen-bond acceptors (Lipinski definition) is 4. The molecule has 1 amide bonds. The van der Waals surface area contributed by atoms with Gasteiger partial charge in [-0.25, -0.2) is 4.79 Å². The molecule has 0 radical (unpaired) electrons. The first-order valence-electron chi connectivity index (χ1n) is 6.70. The van der Waals surface area contributed by atoms with Crippen molar-refractivity contribution in [1.29, 1.82) is 0 Å². The van der Waals surface area contributed by atoms with Gasteiger partial charge >= 0.3 is 10.6 Å². The van der Waals surface area contributed by atoms with Crippen LogP contribution in [-0.2, 0) is 11.3 Å². The third-order valence-corrected chi connectivity index (χ3v) is 4.22. The molecule has 114 valence electrons. The van der Waals surface area contributed by atoms with Crippen molar-refractivity contribution in [3.8, 4) is 0 Å². The second kappa shape index (κ2) is 5.64. The zero-order chi connectivity index (χ0) is 15.7. The maximum atomic E-state index is 12.0. The topological polar surface area (TPSA) is 99.8 Å². The highest BCUT2D eigenvalue weighted by molar-refractivity contribution is 7.07. The minimum absolute atomic E-state index is 0.0587. The number of fused-ring (bicyclic) bond motifs is 1. The van der Waals surface area contributed by atoms with Crippen molar-refractivity contribution in [2.24, 2.45) is 0 Å². The summed E-state index contributed by atoms with van der Waals surface area (Å²) >= 11 is 1.13. The molecule has 3 aromatic rings. The highest BCUT2D eigenvalue weighted by Crippen LogP contribution is 2.14. The van der Waals surface area contributed by atoms with Gasteiger partial charge in [0.05, 0.1) is 11.0 Å². The monoisotopic (exact) mass is 318 g/mol. The van der Waals surface area contributed by atoms with Gasteiger partial charge in [0.15, 0.2) is 0 Å². The van der Waals surface area contributed by atoms with Crippen molar-refractivity contribution in [3.63, 3.8) is 0 Å². The van der Waals surface area contributed by atoms with Crippen molar-refractivity contribution >= 4 is 34.0 Å². The van der Waals surface area contributed by atoms with Crippen LogP contribution < -0.4 is 15.9 Å². The quantitative estimate of drug-likeness (QED) is 0.678. The molecule has 3 rings (SSSR count). The van der Waals surface area contributed by atoms with E-state index in [9.17, 15) is 14.4 Å². The number of hydrogen-bond donors (Lipinski definition) is 3. The largest absolute Gasteiger partial charge is 0.326 e. The number of anilines is 1. The lowest BCUT2D eigenvalue weighted by molar-refractivity contribution is -0.116. The van der Waals surface area contributed by atoms with E-state index in [0.29, 0.717) is 23.3 Å². The molecule has 8 heteroatoms. The highest BCUT2D eigenvalue weighted by Gasteiger charge is 2.08. The molecule has 2 heterocycles. The zero-order valence-corrected chi connectivity index (χ0v) is 12.6. The van der Waals surface area contributed by atoms with E-state index in [1.807, 2.05) is 6.92 Å². The number of benzene rings is 1. The van der Waals surface area contributed by atoms with E-state index < -0.39 is 0 Å². The lowest BCUT2D eigenvalue weighted by Crippen LogP contribution is -2.20. The molecule has 3 N–H and O–H groups in total. The molecule has 0 saturated carbocycles. The Hall–Kier alpha value is -2.61. The summed E-state index contributed by atoms with van der Waals surface area (Å²) in [5.41, 5.74) is 2.48. The number of imidazole rings is 1. The lowest BCUT2D eigenvalue weighted by Gasteiger charge is -2.06. The smallest absolute Gasteiger partial charge is 0.323 e. The number of nitrogens with one attached hydrogen (secondary N) is 3. The highest BCUT2D eigenvalue weighted by atomic mass is 32.1. The number of aryl methyl sites for hydroxylation is 1. The van der Waals surface area contributed by atoms with E-state index in [0.717, 1.165) is 17.0 Å². The maximum absolute atomic E-state index is 12.0. The van der Waals surface area contributed by atoms with Crippen molar-refractivity contribution in [3.05, 3.63) is 49.4 Å². The molecule has 0 spiro atoms. The number of thiazole rings is 1. The lowest BCUT2D eigenvalue weighted by atomic mass is 10.2. The standard InChI is InChI=1S/C14H14N4O3S/c1-8-7-22-14(21)18(8)5-4-12(19)15-9-2-3-10-11(6-9)17-13(20)16-10/h2-3,6-7H,4-5H2,1H3,(H,15,19)(H2,16,17,20). The molecule has 1 aromatic carbocycles. The van der Waals surface area contributed by atoms with E-state index >= 15 is 0 Å². The van der Waals surface area contributed by atoms with Crippen molar-refractivity contribution in [2.75, 3.05) is 5.32 Å². The maximum Gasteiger partial charge on any atom is 0.323 e. The minimum Gasteiger partial charge on any atom is -0.326 e. The Morgan fingerprint density at radius 2 is 2.05 bits per heavy atom. The molecule has 0 bridgehead atoms. The SMILES string of the molecule is Cc1csc(=O)n1CCC(=O)Nc1ccc2[nH]c(=O)[nH]c2c1. The number of amides is 1. The summed E-state index contributed by atoms with van der Waals surface area (Å²) < 4.78 is 1.58. The second-order valence-corrected chi connectivity index (χ2v) is 5.75. The Bertz CT molecular complexity index is 947. The van der Waals surface area contributed by atoms with Crippen LogP contribution in [-0.4, -0.2) is 20.4 Å². The van der Waals surface area contributed by atoms with Gasteiger partial charge in [-0.05, 0) is 25.1 Å². The zero-order valence-electron chi connectivity index (χ0n) is 11.8. The third-order valence-electron chi connectivity index (χ3n) is 3.34. The fraction of sp³-hybridized carbons (Fsp3) is 0.214. The van der Waals surface area contributed by atoms with Gasteiger partial charge in [-0.2, -0.15) is 0 Å². The minimum atomic E-state index is -0.286. The van der Waals surface area contributed by atoms with Crippen molar-refractivity contribution < 1.29 is 4.79 Å². The fourth-order valence-electron chi connectivity index (χ4n) is 2.22. The Morgan fingerprint density at radius 3 is 2.77 bits per heavy atom. The van der Waals surface area contributed by atoms with E-state index in [1.54, 1.807) is 28.1 Å². The number of H-pyrrole nitrogens is 2. The molecular formula is C14H14N4O3S. The number of carbonyl (C=O) groups is 1. The van der Waals surface area contributed by atoms with Crippen LogP contribution in [0.5, 0.6) is 0 Å². The number of carbonyl (C=O) groups excluding carboxylic acids is 1. The van der Waals surface area contributed by atoms with E-state index in [1.165, 1.54) is 0 Å². The molecular weight excluding hydrogens is 304 g/mol. The molecule has 22 heavy (non-hydrogen) atoms. The van der Waals surface area contributed by atoms with Crippen LogP contribution in [0, 0.1) is 6.92 Å². The predicted octanol–water partition coefficient (Wildman–Crippen LogP) is 1.42. The van der Waals surface area contributed by atoms with Crippen LogP contribution >= 0.6 is 11.3 Å². The predicted molar refractivity (Wildman–Crippen MR) is 85.5 cm³/mol. The average Bonchev–Trinajstić information content (AvgIpc) is 2.98. The summed E-state index contributed by atoms with van der Waals surface area (Å²) in [6.45, 7) is 2.19. The summed E-state index contributed by atoms with van der Waals surface area (Å²) in [7, 11) is 0. The molecule has 0 atom stereocenters. The summed E-state index contributed by atoms with van der Waals surface area (Å²) in [5.74, 6) is -0.185. The van der Waals surface area contributed by atoms with E-state index in [-0.39, 0.29) is 22.9 Å². The van der Waals surface area contributed by atoms with Gasteiger partial charge in [0.25, 0.3) is 0 Å². The van der Waals surface area contributed by atoms with Gasteiger partial charge in [-0.15, -0.1) is 0 Å². The molecule has 7 nitrogen and oxygen atoms in total. The Balaban J connectivity index is 1.67. The molecule has 2 aromatic heterocycles. The van der Waals surface area contributed by atoms with Crippen molar-refractivity contribution in [2.45, 2.75) is 19.9 Å². The summed E-state index contributed by atoms with van der Waals surface area (Å²) in [4.78, 5) is 39.9.